The van der Waals surface area contributed by atoms with Crippen LogP contribution in [0.2, 0.25) is 0 Å². The van der Waals surface area contributed by atoms with Crippen LogP contribution in [0, 0.1) is 0 Å². The smallest absolute Gasteiger partial charge is 0.335 e. The first-order chi connectivity index (χ1) is 9.92. The summed E-state index contributed by atoms with van der Waals surface area (Å²) in [4.78, 5) is 33.6. The van der Waals surface area contributed by atoms with E-state index in [9.17, 15) is 14.4 Å². The highest BCUT2D eigenvalue weighted by Gasteiger charge is 2.09. The average Bonchev–Trinajstić information content (AvgIpc) is 2.38. The second kappa shape index (κ2) is 8.25. The third-order valence-corrected chi connectivity index (χ3v) is 2.78. The number of esters is 1. The van der Waals surface area contributed by atoms with Gasteiger partial charge in [-0.25, -0.2) is 9.59 Å². The molecule has 0 bridgehead atoms. The summed E-state index contributed by atoms with van der Waals surface area (Å²) in [7, 11) is 0. The molecule has 1 aromatic carbocycles. The van der Waals surface area contributed by atoms with Crippen LogP contribution in [0.1, 0.15) is 23.7 Å². The standard InChI is InChI=1S/C13H15BrN2O5/c1-2-21-11(17)3-4-15-13(20)16-10-6-8(12(18)19)5-9(14)7-10/h5-7H,2-4H2,1H3,(H,18,19)(H2,15,16,20). The molecule has 0 spiro atoms. The van der Waals surface area contributed by atoms with Crippen molar-refractivity contribution in [2.45, 2.75) is 13.3 Å². The molecule has 1 rings (SSSR count). The number of nitrogens with one attached hydrogen (secondary N) is 2. The number of hydrogen-bond donors (Lipinski definition) is 3. The number of benzene rings is 1. The van der Waals surface area contributed by atoms with Crippen LogP contribution in [0.25, 0.3) is 0 Å². The summed E-state index contributed by atoms with van der Waals surface area (Å²) in [5, 5.41) is 13.9. The van der Waals surface area contributed by atoms with E-state index in [1.54, 1.807) is 13.0 Å². The molecular formula is C13H15BrN2O5. The number of carboxylic acid groups (broad SMARTS) is 1. The predicted molar refractivity (Wildman–Crippen MR) is 79.4 cm³/mol. The number of aromatic carboxylic acids is 1. The van der Waals surface area contributed by atoms with Crippen LogP contribution in [-0.2, 0) is 9.53 Å². The second-order valence-corrected chi connectivity index (χ2v) is 4.89. The fraction of sp³-hybridized carbons (Fsp3) is 0.308. The number of carboxylic acids is 1. The van der Waals surface area contributed by atoms with E-state index < -0.39 is 18.0 Å². The lowest BCUT2D eigenvalue weighted by molar-refractivity contribution is -0.142. The van der Waals surface area contributed by atoms with Gasteiger partial charge in [0.1, 0.15) is 0 Å². The van der Waals surface area contributed by atoms with Gasteiger partial charge in [-0.2, -0.15) is 0 Å². The Morgan fingerprint density at radius 3 is 2.62 bits per heavy atom. The van der Waals surface area contributed by atoms with Crippen LogP contribution in [0.3, 0.4) is 0 Å². The van der Waals surface area contributed by atoms with Gasteiger partial charge in [0.2, 0.25) is 0 Å². The molecule has 0 unspecified atom stereocenters. The lowest BCUT2D eigenvalue weighted by Crippen LogP contribution is -2.31. The number of anilines is 1. The van der Waals surface area contributed by atoms with Crippen molar-refractivity contribution in [1.82, 2.24) is 5.32 Å². The fourth-order valence-corrected chi connectivity index (χ4v) is 1.97. The third-order valence-electron chi connectivity index (χ3n) is 2.32. The number of ether oxygens (including phenoxy) is 1. The summed E-state index contributed by atoms with van der Waals surface area (Å²) in [6.45, 7) is 2.12. The lowest BCUT2D eigenvalue weighted by atomic mass is 10.2. The third kappa shape index (κ3) is 6.26. The molecule has 7 nitrogen and oxygen atoms in total. The highest BCUT2D eigenvalue weighted by atomic mass is 79.9. The Hall–Kier alpha value is -2.09. The summed E-state index contributed by atoms with van der Waals surface area (Å²) in [6, 6.07) is 3.79. The van der Waals surface area contributed by atoms with Gasteiger partial charge in [0, 0.05) is 16.7 Å². The second-order valence-electron chi connectivity index (χ2n) is 3.97. The van der Waals surface area contributed by atoms with Crippen LogP contribution in [-0.4, -0.2) is 36.2 Å². The first-order valence-corrected chi connectivity index (χ1v) is 6.96. The molecule has 0 aliphatic rings. The lowest BCUT2D eigenvalue weighted by Gasteiger charge is -2.08. The van der Waals surface area contributed by atoms with Gasteiger partial charge >= 0.3 is 18.0 Å². The minimum Gasteiger partial charge on any atom is -0.478 e. The maximum atomic E-state index is 11.6. The topological polar surface area (TPSA) is 105 Å². The quantitative estimate of drug-likeness (QED) is 0.676. The van der Waals surface area contributed by atoms with Gasteiger partial charge in [-0.1, -0.05) is 15.9 Å². The summed E-state index contributed by atoms with van der Waals surface area (Å²) in [5.74, 6) is -1.49. The van der Waals surface area contributed by atoms with Gasteiger partial charge in [-0.3, -0.25) is 4.79 Å². The Labute approximate surface area is 129 Å². The number of amides is 2. The van der Waals surface area contributed by atoms with E-state index in [2.05, 4.69) is 26.6 Å². The normalized spacial score (nSPS) is 9.81. The van der Waals surface area contributed by atoms with Gasteiger partial charge < -0.3 is 20.5 Å². The molecule has 114 valence electrons. The molecule has 0 fully saturated rings. The van der Waals surface area contributed by atoms with Crippen molar-refractivity contribution >= 4 is 39.6 Å². The Morgan fingerprint density at radius 1 is 1.29 bits per heavy atom. The van der Waals surface area contributed by atoms with Crippen LogP contribution < -0.4 is 10.6 Å². The van der Waals surface area contributed by atoms with E-state index in [0.717, 1.165) is 0 Å². The highest BCUT2D eigenvalue weighted by Crippen LogP contribution is 2.19. The van der Waals surface area contributed by atoms with Crippen molar-refractivity contribution in [2.24, 2.45) is 0 Å². The molecule has 2 amide bonds. The van der Waals surface area contributed by atoms with Gasteiger partial charge in [0.15, 0.2) is 0 Å². The fourth-order valence-electron chi connectivity index (χ4n) is 1.47. The molecule has 0 aliphatic carbocycles. The van der Waals surface area contributed by atoms with E-state index in [1.807, 2.05) is 0 Å². The number of urea groups is 1. The van der Waals surface area contributed by atoms with Gasteiger partial charge in [-0.15, -0.1) is 0 Å². The molecule has 8 heteroatoms. The van der Waals surface area contributed by atoms with Crippen LogP contribution in [0.4, 0.5) is 10.5 Å². The molecule has 0 radical (unpaired) electrons. The average molecular weight is 359 g/mol. The molecule has 0 aliphatic heterocycles. The summed E-state index contributed by atoms with van der Waals surface area (Å²) < 4.78 is 5.25. The van der Waals surface area contributed by atoms with Crippen LogP contribution in [0.15, 0.2) is 22.7 Å². The first kappa shape index (κ1) is 17.0. The van der Waals surface area contributed by atoms with Crippen LogP contribution >= 0.6 is 15.9 Å². The first-order valence-electron chi connectivity index (χ1n) is 6.16. The minimum atomic E-state index is -1.10. The Kier molecular flexibility index (Phi) is 6.67. The number of rotatable bonds is 6. The van der Waals surface area contributed by atoms with E-state index in [-0.39, 0.29) is 18.5 Å². The number of carbonyl (C=O) groups is 3. The van der Waals surface area contributed by atoms with Crippen LogP contribution in [0.5, 0.6) is 0 Å². The Balaban J connectivity index is 2.51. The number of carbonyl (C=O) groups excluding carboxylic acids is 2. The largest absolute Gasteiger partial charge is 0.478 e. The minimum absolute atomic E-state index is 0.0474. The van der Waals surface area contributed by atoms with Gasteiger partial charge in [-0.05, 0) is 25.1 Å². The van der Waals surface area contributed by atoms with E-state index >= 15 is 0 Å². The molecule has 0 aromatic heterocycles. The van der Waals surface area contributed by atoms with Crippen molar-refractivity contribution in [1.29, 1.82) is 0 Å². The molecule has 1 aromatic rings. The molecule has 21 heavy (non-hydrogen) atoms. The Morgan fingerprint density at radius 2 is 2.00 bits per heavy atom. The number of hydrogen-bond acceptors (Lipinski definition) is 4. The van der Waals surface area contributed by atoms with E-state index in [4.69, 9.17) is 9.84 Å². The van der Waals surface area contributed by atoms with Gasteiger partial charge in [0.05, 0.1) is 18.6 Å². The highest BCUT2D eigenvalue weighted by molar-refractivity contribution is 9.10. The number of halogens is 1. The van der Waals surface area contributed by atoms with E-state index in [0.29, 0.717) is 16.8 Å². The monoisotopic (exact) mass is 358 g/mol. The molecule has 0 saturated heterocycles. The SMILES string of the molecule is CCOC(=O)CCNC(=O)Nc1cc(Br)cc(C(=O)O)c1. The van der Waals surface area contributed by atoms with Gasteiger partial charge in [0.25, 0.3) is 0 Å². The zero-order chi connectivity index (χ0) is 15.8. The van der Waals surface area contributed by atoms with Crippen molar-refractivity contribution in [2.75, 3.05) is 18.5 Å². The predicted octanol–water partition coefficient (Wildman–Crippen LogP) is 2.22. The summed E-state index contributed by atoms with van der Waals surface area (Å²) in [5.41, 5.74) is 0.376. The molecule has 0 saturated carbocycles. The zero-order valence-corrected chi connectivity index (χ0v) is 12.9. The molecule has 3 N–H and O–H groups in total. The zero-order valence-electron chi connectivity index (χ0n) is 11.3. The molecule has 0 heterocycles. The van der Waals surface area contributed by atoms with Crippen molar-refractivity contribution in [3.05, 3.63) is 28.2 Å². The Bertz CT molecular complexity index is 547. The van der Waals surface area contributed by atoms with Crippen molar-refractivity contribution < 1.29 is 24.2 Å². The van der Waals surface area contributed by atoms with E-state index in [1.165, 1.54) is 12.1 Å². The maximum absolute atomic E-state index is 11.6. The summed E-state index contributed by atoms with van der Waals surface area (Å²) in [6.07, 6.45) is 0.0696. The van der Waals surface area contributed by atoms with Crippen molar-refractivity contribution in [3.63, 3.8) is 0 Å². The summed E-state index contributed by atoms with van der Waals surface area (Å²) >= 11 is 3.16. The van der Waals surface area contributed by atoms with Crippen molar-refractivity contribution in [3.8, 4) is 0 Å². The molecule has 0 atom stereocenters. The molecular weight excluding hydrogens is 344 g/mol. The maximum Gasteiger partial charge on any atom is 0.335 e.